The summed E-state index contributed by atoms with van der Waals surface area (Å²) in [7, 11) is 0. The molecule has 1 saturated carbocycles. The van der Waals surface area contributed by atoms with Gasteiger partial charge in [0.15, 0.2) is 0 Å². The average molecular weight is 366 g/mol. The number of rotatable bonds is 2. The Morgan fingerprint density at radius 2 is 1.73 bits per heavy atom. The lowest BCUT2D eigenvalue weighted by molar-refractivity contribution is -0.138. The molecule has 1 saturated heterocycles. The molecule has 1 amide bonds. The molecule has 1 aromatic rings. The summed E-state index contributed by atoms with van der Waals surface area (Å²) in [4.78, 5) is 17.0. The summed E-state index contributed by atoms with van der Waals surface area (Å²) in [5.41, 5.74) is 5.78. The number of halogens is 2. The van der Waals surface area contributed by atoms with E-state index in [1.165, 1.54) is 11.4 Å². The van der Waals surface area contributed by atoms with Crippen molar-refractivity contribution in [2.24, 2.45) is 5.73 Å². The molecule has 3 rings (SSSR count). The van der Waals surface area contributed by atoms with Gasteiger partial charge in [-0.25, -0.2) is 0 Å². The topological polar surface area (TPSA) is 49.6 Å². The van der Waals surface area contributed by atoms with Crippen molar-refractivity contribution in [1.29, 1.82) is 0 Å². The zero-order valence-electron chi connectivity index (χ0n) is 12.7. The predicted octanol–water partition coefficient (Wildman–Crippen LogP) is 2.90. The fraction of sp³-hybridized carbons (Fsp3) is 0.667. The number of piperazine rings is 1. The normalized spacial score (nSPS) is 20.8. The molecule has 7 heteroatoms. The third-order valence-corrected chi connectivity index (χ3v) is 5.49. The summed E-state index contributed by atoms with van der Waals surface area (Å²) in [6.07, 6.45) is 5.13. The number of carbonyl (C=O) groups excluding carboxylic acids is 1. The maximum Gasteiger partial charge on any atom is 0.242 e. The van der Waals surface area contributed by atoms with Crippen molar-refractivity contribution >= 4 is 47.1 Å². The van der Waals surface area contributed by atoms with Gasteiger partial charge in [0.1, 0.15) is 0 Å². The Morgan fingerprint density at radius 3 is 2.27 bits per heavy atom. The van der Waals surface area contributed by atoms with Gasteiger partial charge < -0.3 is 15.5 Å². The highest BCUT2D eigenvalue weighted by atomic mass is 35.5. The van der Waals surface area contributed by atoms with Crippen LogP contribution in [-0.4, -0.2) is 42.5 Å². The van der Waals surface area contributed by atoms with E-state index in [0.717, 1.165) is 51.9 Å². The van der Waals surface area contributed by atoms with E-state index in [0.29, 0.717) is 0 Å². The van der Waals surface area contributed by atoms with Crippen molar-refractivity contribution in [2.45, 2.75) is 37.6 Å². The summed E-state index contributed by atoms with van der Waals surface area (Å²) in [6, 6.07) is 4.22. The number of nitrogens with two attached hydrogens (primary N) is 1. The van der Waals surface area contributed by atoms with Crippen LogP contribution in [0.3, 0.4) is 0 Å². The SMILES string of the molecule is Cl.Cl.NC1(C(=O)N2CCN(c3cccs3)CC2)CCCCC1. The second kappa shape index (κ2) is 8.39. The Hall–Kier alpha value is -0.490. The molecule has 2 heterocycles. The number of anilines is 1. The van der Waals surface area contributed by atoms with Gasteiger partial charge in [0, 0.05) is 26.2 Å². The van der Waals surface area contributed by atoms with Gasteiger partial charge in [-0.15, -0.1) is 36.2 Å². The van der Waals surface area contributed by atoms with Crippen molar-refractivity contribution in [3.63, 3.8) is 0 Å². The molecular weight excluding hydrogens is 341 g/mol. The minimum Gasteiger partial charge on any atom is -0.360 e. The van der Waals surface area contributed by atoms with Gasteiger partial charge in [0.2, 0.25) is 5.91 Å². The molecule has 4 nitrogen and oxygen atoms in total. The minimum atomic E-state index is -0.580. The highest BCUT2D eigenvalue weighted by molar-refractivity contribution is 7.14. The summed E-state index contributed by atoms with van der Waals surface area (Å²) in [6.45, 7) is 3.44. The lowest BCUT2D eigenvalue weighted by Gasteiger charge is -2.41. The number of nitrogens with zero attached hydrogens (tertiary/aromatic N) is 2. The molecule has 22 heavy (non-hydrogen) atoms. The monoisotopic (exact) mass is 365 g/mol. The van der Waals surface area contributed by atoms with Crippen molar-refractivity contribution in [3.8, 4) is 0 Å². The van der Waals surface area contributed by atoms with Gasteiger partial charge in [-0.05, 0) is 30.4 Å². The molecule has 0 spiro atoms. The first-order chi connectivity index (χ1) is 9.69. The van der Waals surface area contributed by atoms with Crippen LogP contribution in [0.2, 0.25) is 0 Å². The van der Waals surface area contributed by atoms with Gasteiger partial charge in [-0.2, -0.15) is 0 Å². The van der Waals surface area contributed by atoms with E-state index >= 15 is 0 Å². The van der Waals surface area contributed by atoms with Crippen molar-refractivity contribution in [2.75, 3.05) is 31.1 Å². The fourth-order valence-corrected chi connectivity index (χ4v) is 4.08. The molecule has 1 aliphatic carbocycles. The molecule has 0 bridgehead atoms. The van der Waals surface area contributed by atoms with Crippen LogP contribution in [-0.2, 0) is 4.79 Å². The second-order valence-corrected chi connectivity index (χ2v) is 6.87. The molecule has 1 aliphatic heterocycles. The van der Waals surface area contributed by atoms with Crippen LogP contribution in [0, 0.1) is 0 Å². The molecule has 1 aromatic heterocycles. The van der Waals surface area contributed by atoms with E-state index in [-0.39, 0.29) is 30.7 Å². The van der Waals surface area contributed by atoms with E-state index in [9.17, 15) is 4.79 Å². The first kappa shape index (κ1) is 19.6. The maximum absolute atomic E-state index is 12.7. The van der Waals surface area contributed by atoms with Crippen LogP contribution in [0.4, 0.5) is 5.00 Å². The Morgan fingerprint density at radius 1 is 1.09 bits per heavy atom. The quantitative estimate of drug-likeness (QED) is 0.876. The van der Waals surface area contributed by atoms with E-state index in [4.69, 9.17) is 5.73 Å². The summed E-state index contributed by atoms with van der Waals surface area (Å²) < 4.78 is 0. The zero-order valence-corrected chi connectivity index (χ0v) is 15.2. The molecule has 2 fully saturated rings. The Balaban J connectivity index is 0.00000121. The van der Waals surface area contributed by atoms with E-state index in [1.54, 1.807) is 11.3 Å². The summed E-state index contributed by atoms with van der Waals surface area (Å²) >= 11 is 1.76. The van der Waals surface area contributed by atoms with Crippen LogP contribution in [0.5, 0.6) is 0 Å². The third-order valence-electron chi connectivity index (χ3n) is 4.56. The van der Waals surface area contributed by atoms with Gasteiger partial charge in [-0.3, -0.25) is 4.79 Å². The Bertz CT molecular complexity index is 455. The van der Waals surface area contributed by atoms with Crippen molar-refractivity contribution in [1.82, 2.24) is 4.90 Å². The highest BCUT2D eigenvalue weighted by Gasteiger charge is 2.39. The van der Waals surface area contributed by atoms with Gasteiger partial charge >= 0.3 is 0 Å². The minimum absolute atomic E-state index is 0. The van der Waals surface area contributed by atoms with Gasteiger partial charge in [-0.1, -0.05) is 19.3 Å². The van der Waals surface area contributed by atoms with Crippen LogP contribution < -0.4 is 10.6 Å². The van der Waals surface area contributed by atoms with E-state index in [2.05, 4.69) is 22.4 Å². The largest absolute Gasteiger partial charge is 0.360 e. The average Bonchev–Trinajstić information content (AvgIpc) is 3.02. The lowest BCUT2D eigenvalue weighted by Crippen LogP contribution is -2.60. The first-order valence-corrected chi connectivity index (χ1v) is 8.44. The van der Waals surface area contributed by atoms with Crippen LogP contribution >= 0.6 is 36.2 Å². The van der Waals surface area contributed by atoms with Crippen molar-refractivity contribution in [3.05, 3.63) is 17.5 Å². The fourth-order valence-electron chi connectivity index (χ4n) is 3.29. The van der Waals surface area contributed by atoms with Crippen LogP contribution in [0.25, 0.3) is 0 Å². The summed E-state index contributed by atoms with van der Waals surface area (Å²) in [5.74, 6) is 0.183. The standard InChI is InChI=1S/C15H23N3OS.2ClH/c16-15(6-2-1-3-7-15)14(19)18-10-8-17(9-11-18)13-5-4-12-20-13;;/h4-5,12H,1-3,6-11,16H2;2*1H. The first-order valence-electron chi connectivity index (χ1n) is 7.56. The lowest BCUT2D eigenvalue weighted by atomic mass is 9.81. The third kappa shape index (κ3) is 4.07. The highest BCUT2D eigenvalue weighted by Crippen LogP contribution is 2.29. The van der Waals surface area contributed by atoms with E-state index < -0.39 is 5.54 Å². The molecule has 2 N–H and O–H groups in total. The van der Waals surface area contributed by atoms with Crippen LogP contribution in [0.15, 0.2) is 17.5 Å². The smallest absolute Gasteiger partial charge is 0.242 e. The van der Waals surface area contributed by atoms with Gasteiger partial charge in [0.05, 0.1) is 10.5 Å². The molecule has 0 unspecified atom stereocenters. The zero-order chi connectivity index (χ0) is 14.0. The Labute approximate surface area is 148 Å². The van der Waals surface area contributed by atoms with Crippen LogP contribution in [0.1, 0.15) is 32.1 Å². The van der Waals surface area contributed by atoms with E-state index in [1.807, 2.05) is 4.90 Å². The number of amides is 1. The molecule has 0 radical (unpaired) electrons. The molecule has 126 valence electrons. The molecular formula is C15H25Cl2N3OS. The van der Waals surface area contributed by atoms with Gasteiger partial charge in [0.25, 0.3) is 0 Å². The predicted molar refractivity (Wildman–Crippen MR) is 97.6 cm³/mol. The number of thiophene rings is 1. The molecule has 2 aliphatic rings. The summed E-state index contributed by atoms with van der Waals surface area (Å²) in [5, 5.41) is 3.40. The number of carbonyl (C=O) groups is 1. The Kier molecular flexibility index (Phi) is 7.46. The number of hydrogen-bond acceptors (Lipinski definition) is 4. The molecule has 0 aromatic carbocycles. The van der Waals surface area contributed by atoms with Crippen molar-refractivity contribution < 1.29 is 4.79 Å². The second-order valence-electron chi connectivity index (χ2n) is 5.95. The number of hydrogen-bond donors (Lipinski definition) is 1. The molecule has 0 atom stereocenters. The maximum atomic E-state index is 12.7.